The van der Waals surface area contributed by atoms with Crippen LogP contribution in [0.4, 0.5) is 0 Å². The molecule has 0 bridgehead atoms. The van der Waals surface area contributed by atoms with Crippen LogP contribution in [0.2, 0.25) is 0 Å². The van der Waals surface area contributed by atoms with Crippen LogP contribution >= 0.6 is 11.7 Å². The summed E-state index contributed by atoms with van der Waals surface area (Å²) in [5, 5.41) is 0. The highest BCUT2D eigenvalue weighted by molar-refractivity contribution is 7.00. The van der Waals surface area contributed by atoms with Crippen LogP contribution in [0.25, 0.3) is 11.0 Å². The van der Waals surface area contributed by atoms with Crippen LogP contribution < -0.4 is 0 Å². The summed E-state index contributed by atoms with van der Waals surface area (Å²) in [5.41, 5.74) is 5.82. The molecular formula is C15H11N3S. The Balaban J connectivity index is 2.08. The van der Waals surface area contributed by atoms with Crippen molar-refractivity contribution in [2.45, 2.75) is 13.8 Å². The Morgan fingerprint density at radius 3 is 2.68 bits per heavy atom. The minimum Gasteiger partial charge on any atom is -0.262 e. The molecule has 0 radical (unpaired) electrons. The first-order valence-corrected chi connectivity index (χ1v) is 6.63. The van der Waals surface area contributed by atoms with Gasteiger partial charge in [0.1, 0.15) is 11.0 Å². The van der Waals surface area contributed by atoms with Gasteiger partial charge in [-0.25, -0.2) is 0 Å². The lowest BCUT2D eigenvalue weighted by Gasteiger charge is -1.96. The fourth-order valence-electron chi connectivity index (χ4n) is 1.85. The van der Waals surface area contributed by atoms with Gasteiger partial charge >= 0.3 is 0 Å². The summed E-state index contributed by atoms with van der Waals surface area (Å²) in [6, 6.07) is 7.91. The maximum Gasteiger partial charge on any atom is 0.120 e. The van der Waals surface area contributed by atoms with Gasteiger partial charge in [-0.05, 0) is 37.6 Å². The number of hydrogen-bond acceptors (Lipinski definition) is 4. The summed E-state index contributed by atoms with van der Waals surface area (Å²) in [7, 11) is 0. The molecule has 1 aromatic carbocycles. The standard InChI is InChI=1S/C15H11N3S/c1-10-3-5-13(15-14(10)17-19-18-15)6-4-12-7-8-16-11(2)9-12/h3,5,7-9H,1-2H3. The summed E-state index contributed by atoms with van der Waals surface area (Å²) in [5.74, 6) is 6.32. The van der Waals surface area contributed by atoms with Crippen LogP contribution in [-0.2, 0) is 0 Å². The van der Waals surface area contributed by atoms with E-state index < -0.39 is 0 Å². The Labute approximate surface area is 115 Å². The second-order valence-corrected chi connectivity index (χ2v) is 4.86. The molecule has 0 unspecified atom stereocenters. The first kappa shape index (κ1) is 11.8. The number of pyridine rings is 1. The maximum absolute atomic E-state index is 4.33. The topological polar surface area (TPSA) is 38.7 Å². The van der Waals surface area contributed by atoms with E-state index in [2.05, 4.69) is 25.6 Å². The summed E-state index contributed by atoms with van der Waals surface area (Å²) in [4.78, 5) is 4.16. The van der Waals surface area contributed by atoms with Crippen LogP contribution in [0, 0.1) is 25.7 Å². The van der Waals surface area contributed by atoms with Crippen LogP contribution in [-0.4, -0.2) is 13.7 Å². The minimum absolute atomic E-state index is 0.892. The molecule has 0 saturated carbocycles. The Kier molecular flexibility index (Phi) is 2.98. The molecule has 4 heteroatoms. The summed E-state index contributed by atoms with van der Waals surface area (Å²) >= 11 is 1.23. The second kappa shape index (κ2) is 4.79. The van der Waals surface area contributed by atoms with E-state index in [0.717, 1.165) is 33.4 Å². The van der Waals surface area contributed by atoms with E-state index in [0.29, 0.717) is 0 Å². The molecule has 0 N–H and O–H groups in total. The quantitative estimate of drug-likeness (QED) is 0.586. The third-order valence-corrected chi connectivity index (χ3v) is 3.38. The summed E-state index contributed by atoms with van der Waals surface area (Å²) < 4.78 is 8.63. The number of benzene rings is 1. The van der Waals surface area contributed by atoms with Gasteiger partial charge in [0.15, 0.2) is 0 Å². The SMILES string of the molecule is Cc1cc(C#Cc2ccc(C)c3nsnc23)ccn1. The van der Waals surface area contributed by atoms with Crippen molar-refractivity contribution < 1.29 is 0 Å². The number of hydrogen-bond donors (Lipinski definition) is 0. The first-order chi connectivity index (χ1) is 9.24. The monoisotopic (exact) mass is 265 g/mol. The highest BCUT2D eigenvalue weighted by Crippen LogP contribution is 2.19. The van der Waals surface area contributed by atoms with Crippen LogP contribution in [0.3, 0.4) is 0 Å². The molecule has 0 aliphatic heterocycles. The lowest BCUT2D eigenvalue weighted by Crippen LogP contribution is -1.84. The van der Waals surface area contributed by atoms with E-state index >= 15 is 0 Å². The molecule has 19 heavy (non-hydrogen) atoms. The van der Waals surface area contributed by atoms with E-state index in [9.17, 15) is 0 Å². The second-order valence-electron chi connectivity index (χ2n) is 4.33. The molecular weight excluding hydrogens is 254 g/mol. The van der Waals surface area contributed by atoms with Gasteiger partial charge in [-0.2, -0.15) is 8.75 Å². The highest BCUT2D eigenvalue weighted by Gasteiger charge is 2.05. The van der Waals surface area contributed by atoms with Gasteiger partial charge in [-0.3, -0.25) is 4.98 Å². The maximum atomic E-state index is 4.33. The largest absolute Gasteiger partial charge is 0.262 e. The van der Waals surface area contributed by atoms with Crippen molar-refractivity contribution in [3.8, 4) is 11.8 Å². The molecule has 0 amide bonds. The van der Waals surface area contributed by atoms with E-state index in [4.69, 9.17) is 0 Å². The Morgan fingerprint density at radius 1 is 1.00 bits per heavy atom. The van der Waals surface area contributed by atoms with Crippen molar-refractivity contribution in [2.75, 3.05) is 0 Å². The fraction of sp³-hybridized carbons (Fsp3) is 0.133. The van der Waals surface area contributed by atoms with Gasteiger partial charge in [0.25, 0.3) is 0 Å². The Hall–Kier alpha value is -2.25. The molecule has 0 spiro atoms. The molecule has 0 aliphatic carbocycles. The van der Waals surface area contributed by atoms with E-state index in [1.165, 1.54) is 11.7 Å². The van der Waals surface area contributed by atoms with Crippen LogP contribution in [0.15, 0.2) is 30.5 Å². The zero-order chi connectivity index (χ0) is 13.2. The molecule has 0 atom stereocenters. The molecule has 2 heterocycles. The van der Waals surface area contributed by atoms with Gasteiger partial charge in [0.2, 0.25) is 0 Å². The van der Waals surface area contributed by atoms with Gasteiger partial charge < -0.3 is 0 Å². The number of aryl methyl sites for hydroxylation is 2. The van der Waals surface area contributed by atoms with Crippen molar-refractivity contribution in [3.63, 3.8) is 0 Å². The molecule has 3 aromatic rings. The summed E-state index contributed by atoms with van der Waals surface area (Å²) in [6.07, 6.45) is 1.77. The number of rotatable bonds is 0. The predicted octanol–water partition coefficient (Wildman–Crippen LogP) is 3.10. The molecule has 0 aliphatic rings. The lowest BCUT2D eigenvalue weighted by atomic mass is 10.1. The average molecular weight is 265 g/mol. The normalized spacial score (nSPS) is 10.2. The molecule has 0 saturated heterocycles. The third-order valence-electron chi connectivity index (χ3n) is 2.86. The van der Waals surface area contributed by atoms with Crippen molar-refractivity contribution in [1.29, 1.82) is 0 Å². The molecule has 3 rings (SSSR count). The first-order valence-electron chi connectivity index (χ1n) is 5.90. The van der Waals surface area contributed by atoms with Gasteiger partial charge in [-0.1, -0.05) is 17.9 Å². The smallest absolute Gasteiger partial charge is 0.120 e. The van der Waals surface area contributed by atoms with Crippen molar-refractivity contribution in [2.24, 2.45) is 0 Å². The lowest BCUT2D eigenvalue weighted by molar-refractivity contribution is 1.19. The number of aromatic nitrogens is 3. The van der Waals surface area contributed by atoms with Crippen molar-refractivity contribution in [1.82, 2.24) is 13.7 Å². The van der Waals surface area contributed by atoms with E-state index in [1.807, 2.05) is 38.1 Å². The number of nitrogens with zero attached hydrogens (tertiary/aromatic N) is 3. The van der Waals surface area contributed by atoms with Gasteiger partial charge in [0.05, 0.1) is 17.3 Å². The third kappa shape index (κ3) is 2.33. The zero-order valence-corrected chi connectivity index (χ0v) is 11.5. The van der Waals surface area contributed by atoms with Crippen LogP contribution in [0.5, 0.6) is 0 Å². The highest BCUT2D eigenvalue weighted by atomic mass is 32.1. The molecule has 2 aromatic heterocycles. The average Bonchev–Trinajstić information content (AvgIpc) is 2.88. The minimum atomic E-state index is 0.892. The predicted molar refractivity (Wildman–Crippen MR) is 77.1 cm³/mol. The molecule has 92 valence electrons. The fourth-order valence-corrected chi connectivity index (χ4v) is 2.47. The van der Waals surface area contributed by atoms with E-state index in [-0.39, 0.29) is 0 Å². The Morgan fingerprint density at radius 2 is 1.84 bits per heavy atom. The van der Waals surface area contributed by atoms with Crippen molar-refractivity contribution >= 4 is 22.8 Å². The van der Waals surface area contributed by atoms with Crippen molar-refractivity contribution in [3.05, 3.63) is 52.8 Å². The van der Waals surface area contributed by atoms with Crippen LogP contribution in [0.1, 0.15) is 22.4 Å². The molecule has 3 nitrogen and oxygen atoms in total. The Bertz CT molecular complexity index is 809. The summed E-state index contributed by atoms with van der Waals surface area (Å²) in [6.45, 7) is 3.99. The zero-order valence-electron chi connectivity index (χ0n) is 10.6. The van der Waals surface area contributed by atoms with E-state index in [1.54, 1.807) is 6.20 Å². The number of fused-ring (bicyclic) bond motifs is 1. The van der Waals surface area contributed by atoms with Gasteiger partial charge in [0, 0.05) is 17.5 Å². The van der Waals surface area contributed by atoms with Gasteiger partial charge in [-0.15, -0.1) is 0 Å². The molecule has 0 fully saturated rings.